The third-order valence-electron chi connectivity index (χ3n) is 4.89. The molecule has 0 aliphatic carbocycles. The average Bonchev–Trinajstić information content (AvgIpc) is 3.17. The van der Waals surface area contributed by atoms with E-state index in [1.165, 1.54) is 12.1 Å². The van der Waals surface area contributed by atoms with Gasteiger partial charge >= 0.3 is 0 Å². The Morgan fingerprint density at radius 2 is 2.10 bits per heavy atom. The summed E-state index contributed by atoms with van der Waals surface area (Å²) in [6.07, 6.45) is 0. The maximum atomic E-state index is 11.4. The van der Waals surface area contributed by atoms with Gasteiger partial charge in [-0.2, -0.15) is 5.26 Å². The molecular weight excluding hydrogens is 422 g/mol. The monoisotopic (exact) mass is 437 g/mol. The Morgan fingerprint density at radius 1 is 1.35 bits per heavy atom. The number of nitrogens with one attached hydrogen (secondary N) is 1. The minimum atomic E-state index is -0.731. The van der Waals surface area contributed by atoms with Crippen molar-refractivity contribution in [3.8, 4) is 29.0 Å². The molecule has 0 radical (unpaired) electrons. The Kier molecular flexibility index (Phi) is 5.23. The maximum absolute atomic E-state index is 11.4. The molecule has 2 aromatic carbocycles. The van der Waals surface area contributed by atoms with Crippen molar-refractivity contribution >= 4 is 17.3 Å². The van der Waals surface area contributed by atoms with E-state index in [1.807, 2.05) is 31.2 Å². The molecule has 0 amide bonds. The fourth-order valence-electron chi connectivity index (χ4n) is 3.53. The van der Waals surface area contributed by atoms with Crippen molar-refractivity contribution in [2.75, 3.05) is 6.61 Å². The minimum Gasteiger partial charge on any atom is -0.494 e. The first-order chi connectivity index (χ1) is 14.9. The number of hydrogen-bond donors (Lipinski definition) is 2. The van der Waals surface area contributed by atoms with E-state index < -0.39 is 10.8 Å². The zero-order valence-electron chi connectivity index (χ0n) is 16.3. The zero-order chi connectivity index (χ0) is 22.1. The van der Waals surface area contributed by atoms with Gasteiger partial charge < -0.3 is 15.2 Å². The lowest BCUT2D eigenvalue weighted by molar-refractivity contribution is -0.384. The van der Waals surface area contributed by atoms with Gasteiger partial charge in [0, 0.05) is 11.6 Å². The van der Waals surface area contributed by atoms with Crippen molar-refractivity contribution in [2.45, 2.75) is 12.8 Å². The molecule has 0 fully saturated rings. The molecule has 1 aliphatic rings. The third-order valence-corrected chi connectivity index (χ3v) is 5.21. The summed E-state index contributed by atoms with van der Waals surface area (Å²) in [7, 11) is 0. The van der Waals surface area contributed by atoms with Crippen LogP contribution >= 0.6 is 11.6 Å². The van der Waals surface area contributed by atoms with Crippen LogP contribution in [0.5, 0.6) is 11.6 Å². The lowest BCUT2D eigenvalue weighted by Gasteiger charge is -2.24. The number of nitrogens with two attached hydrogens (primary N) is 1. The van der Waals surface area contributed by atoms with Crippen molar-refractivity contribution in [3.05, 3.63) is 80.2 Å². The average molecular weight is 438 g/mol. The number of nitriles is 1. The van der Waals surface area contributed by atoms with Crippen molar-refractivity contribution in [1.82, 2.24) is 10.2 Å². The number of halogens is 1. The van der Waals surface area contributed by atoms with Gasteiger partial charge in [0.05, 0.1) is 28.7 Å². The molecule has 0 saturated heterocycles. The number of benzene rings is 2. The van der Waals surface area contributed by atoms with Crippen LogP contribution in [0.4, 0.5) is 5.69 Å². The van der Waals surface area contributed by atoms with Crippen LogP contribution in [0.1, 0.15) is 24.0 Å². The van der Waals surface area contributed by atoms with Crippen molar-refractivity contribution in [3.63, 3.8) is 0 Å². The van der Waals surface area contributed by atoms with Gasteiger partial charge in [-0.25, -0.2) is 0 Å². The second kappa shape index (κ2) is 8.01. The van der Waals surface area contributed by atoms with Crippen LogP contribution in [0.3, 0.4) is 0 Å². The van der Waals surface area contributed by atoms with Crippen LogP contribution < -0.4 is 15.2 Å². The lowest BCUT2D eigenvalue weighted by atomic mass is 9.83. The van der Waals surface area contributed by atoms with Crippen LogP contribution in [0.15, 0.2) is 53.9 Å². The van der Waals surface area contributed by atoms with E-state index >= 15 is 0 Å². The Balaban J connectivity index is 1.89. The van der Waals surface area contributed by atoms with Crippen LogP contribution in [0.25, 0.3) is 11.3 Å². The van der Waals surface area contributed by atoms with Gasteiger partial charge in [-0.3, -0.25) is 15.2 Å². The molecule has 0 bridgehead atoms. The molecular formula is C21H16ClN5O4. The molecule has 156 valence electrons. The molecule has 31 heavy (non-hydrogen) atoms. The van der Waals surface area contributed by atoms with E-state index in [4.69, 9.17) is 26.8 Å². The fraction of sp³-hybridized carbons (Fsp3) is 0.143. The maximum Gasteiger partial charge on any atom is 0.288 e. The van der Waals surface area contributed by atoms with E-state index in [1.54, 1.807) is 6.07 Å². The third kappa shape index (κ3) is 3.53. The van der Waals surface area contributed by atoms with Gasteiger partial charge in [0.1, 0.15) is 22.4 Å². The van der Waals surface area contributed by atoms with E-state index in [9.17, 15) is 15.4 Å². The highest BCUT2D eigenvalue weighted by atomic mass is 35.5. The second-order valence-electron chi connectivity index (χ2n) is 6.67. The van der Waals surface area contributed by atoms with Gasteiger partial charge in [0.25, 0.3) is 5.69 Å². The molecule has 3 N–H and O–H groups in total. The van der Waals surface area contributed by atoms with E-state index in [0.29, 0.717) is 29.2 Å². The number of allylic oxidation sites excluding steroid dienone is 1. The van der Waals surface area contributed by atoms with Gasteiger partial charge in [0.15, 0.2) is 0 Å². The molecule has 0 spiro atoms. The van der Waals surface area contributed by atoms with Crippen molar-refractivity contribution in [1.29, 1.82) is 5.26 Å². The summed E-state index contributed by atoms with van der Waals surface area (Å²) in [5, 5.41) is 28.3. The number of fused-ring (bicyclic) bond motifs is 1. The number of nitro groups is 1. The molecule has 9 nitrogen and oxygen atoms in total. The first-order valence-corrected chi connectivity index (χ1v) is 9.65. The number of aromatic nitrogens is 2. The summed E-state index contributed by atoms with van der Waals surface area (Å²) in [5.74, 6) is 0.0676. The summed E-state index contributed by atoms with van der Waals surface area (Å²) in [5.41, 5.74) is 8.20. The number of H-pyrrole nitrogens is 1. The molecule has 0 saturated carbocycles. The standard InChI is InChI=1S/C21H16ClN5O4/c1-2-30-13-6-3-11(4-7-13)19-18-17(12-5-8-15(22)16(9-12)27(28)29)14(10-23)20(24)31-21(18)26-25-19/h3-9,17H,2,24H2,1H3,(H,25,26)/t17-/m0/s1. The molecule has 4 rings (SSSR count). The molecule has 10 heteroatoms. The molecule has 1 atom stereocenters. The number of nitro benzene ring substituents is 1. The molecule has 0 unspecified atom stereocenters. The van der Waals surface area contributed by atoms with Crippen molar-refractivity contribution < 1.29 is 14.4 Å². The smallest absolute Gasteiger partial charge is 0.288 e. The van der Waals surface area contributed by atoms with Crippen LogP contribution in [-0.4, -0.2) is 21.7 Å². The normalized spacial score (nSPS) is 15.1. The molecule has 2 heterocycles. The predicted molar refractivity (Wildman–Crippen MR) is 113 cm³/mol. The molecule has 1 aromatic heterocycles. The van der Waals surface area contributed by atoms with Gasteiger partial charge in [0.2, 0.25) is 11.8 Å². The fourth-order valence-corrected chi connectivity index (χ4v) is 3.72. The summed E-state index contributed by atoms with van der Waals surface area (Å²) >= 11 is 5.98. The Morgan fingerprint density at radius 3 is 2.74 bits per heavy atom. The lowest BCUT2D eigenvalue weighted by Crippen LogP contribution is -2.21. The van der Waals surface area contributed by atoms with Crippen LogP contribution in [0.2, 0.25) is 5.02 Å². The number of nitrogens with zero attached hydrogens (tertiary/aromatic N) is 3. The summed E-state index contributed by atoms with van der Waals surface area (Å²) in [6, 6.07) is 13.8. The Hall–Kier alpha value is -4.03. The number of ether oxygens (including phenoxy) is 2. The first kappa shape index (κ1) is 20.3. The number of aromatic amines is 1. The van der Waals surface area contributed by atoms with Crippen LogP contribution in [0, 0.1) is 21.4 Å². The zero-order valence-corrected chi connectivity index (χ0v) is 17.0. The van der Waals surface area contributed by atoms with Crippen molar-refractivity contribution in [2.24, 2.45) is 5.73 Å². The summed E-state index contributed by atoms with van der Waals surface area (Å²) in [4.78, 5) is 10.8. The summed E-state index contributed by atoms with van der Waals surface area (Å²) in [6.45, 7) is 2.44. The summed E-state index contributed by atoms with van der Waals surface area (Å²) < 4.78 is 11.0. The number of rotatable bonds is 5. The predicted octanol–water partition coefficient (Wildman–Crippen LogP) is 4.26. The highest BCUT2D eigenvalue weighted by molar-refractivity contribution is 6.32. The highest BCUT2D eigenvalue weighted by Gasteiger charge is 2.36. The minimum absolute atomic E-state index is 0.00424. The first-order valence-electron chi connectivity index (χ1n) is 9.27. The topological polar surface area (TPSA) is 140 Å². The van der Waals surface area contributed by atoms with Crippen LogP contribution in [-0.2, 0) is 0 Å². The van der Waals surface area contributed by atoms with E-state index in [0.717, 1.165) is 5.56 Å². The second-order valence-corrected chi connectivity index (χ2v) is 7.07. The quantitative estimate of drug-likeness (QED) is 0.448. The molecule has 3 aromatic rings. The van der Waals surface area contributed by atoms with E-state index in [-0.39, 0.29) is 28.0 Å². The highest BCUT2D eigenvalue weighted by Crippen LogP contribution is 2.46. The Bertz CT molecular complexity index is 1240. The largest absolute Gasteiger partial charge is 0.494 e. The Labute approximate surface area is 181 Å². The van der Waals surface area contributed by atoms with Gasteiger partial charge in [-0.05, 0) is 42.8 Å². The molecule has 1 aliphatic heterocycles. The van der Waals surface area contributed by atoms with Gasteiger partial charge in [-0.15, -0.1) is 5.10 Å². The van der Waals surface area contributed by atoms with Gasteiger partial charge in [-0.1, -0.05) is 17.7 Å². The number of hydrogen-bond acceptors (Lipinski definition) is 7. The SMILES string of the molecule is CCOc1ccc(-c2[nH]nc3c2[C@@H](c2ccc(Cl)c([N+](=O)[O-])c2)C(C#N)=C(N)O3)cc1. The van der Waals surface area contributed by atoms with E-state index in [2.05, 4.69) is 16.3 Å².